The minimum Gasteiger partial charge on any atom is -0.488 e. The first kappa shape index (κ1) is 87.5. The summed E-state index contributed by atoms with van der Waals surface area (Å²) in [6.07, 6.45) is 20.8. The Morgan fingerprint density at radius 3 is 1.27 bits per heavy atom. The number of carboxylic acid groups (broad SMARTS) is 1. The highest BCUT2D eigenvalue weighted by Gasteiger charge is 2.60. The van der Waals surface area contributed by atoms with Crippen molar-refractivity contribution >= 4 is 108 Å². The molecule has 0 radical (unpaired) electrons. The lowest BCUT2D eigenvalue weighted by atomic mass is 9.85. The molecule has 2 aliphatic heterocycles. The molecule has 6 aliphatic carbocycles. The Labute approximate surface area is 700 Å². The quantitative estimate of drug-likeness (QED) is 0.0254. The second-order valence-corrected chi connectivity index (χ2v) is 38.5. The van der Waals surface area contributed by atoms with Crippen molar-refractivity contribution in [2.75, 3.05) is 23.7 Å². The number of nitrogens with one attached hydrogen (secondary N) is 8. The van der Waals surface area contributed by atoms with Crippen LogP contribution < -0.4 is 52.0 Å². The minimum absolute atomic E-state index is 0.0706. The van der Waals surface area contributed by atoms with E-state index in [4.69, 9.17) is 39.3 Å². The van der Waals surface area contributed by atoms with Crippen LogP contribution in [0.5, 0.6) is 11.5 Å². The maximum Gasteiger partial charge on any atom is 0.411 e. The van der Waals surface area contributed by atoms with Crippen molar-refractivity contribution < 1.29 is 62.5 Å². The highest BCUT2D eigenvalue weighted by atomic mass is 32.1. The van der Waals surface area contributed by atoms with Crippen LogP contribution in [-0.2, 0) is 33.5 Å². The van der Waals surface area contributed by atoms with Gasteiger partial charge >= 0.3 is 24.1 Å². The number of pyridine rings is 2. The van der Waals surface area contributed by atoms with Crippen molar-refractivity contribution in [2.24, 2.45) is 22.7 Å². The van der Waals surface area contributed by atoms with E-state index in [-0.39, 0.29) is 73.4 Å². The zero-order valence-electron chi connectivity index (χ0n) is 70.7. The highest BCUT2D eigenvalue weighted by Crippen LogP contribution is 2.48. The lowest BCUT2D eigenvalue weighted by Gasteiger charge is -2.35. The number of likely N-dealkylation sites (tertiary alicyclic amines) is 2. The molecule has 118 heavy (non-hydrogen) atoms. The molecule has 27 nitrogen and oxygen atoms in total. The van der Waals surface area contributed by atoms with Crippen molar-refractivity contribution in [1.29, 1.82) is 0 Å². The van der Waals surface area contributed by atoms with Crippen LogP contribution in [0.2, 0.25) is 0 Å². The van der Waals surface area contributed by atoms with Crippen LogP contribution in [0.15, 0.2) is 84.6 Å². The number of hydrogen-bond acceptors (Lipinski definition) is 20. The molecule has 2 aromatic carbocycles. The molecule has 6 saturated carbocycles. The number of carboxylic acids is 1. The number of urea groups is 2. The minimum atomic E-state index is -1.04. The molecule has 9 N–H and O–H groups in total. The topological polar surface area (TPSA) is 356 Å². The number of benzene rings is 2. The van der Waals surface area contributed by atoms with Crippen LogP contribution in [0.1, 0.15) is 216 Å². The molecule has 4 aromatic heterocycles. The summed E-state index contributed by atoms with van der Waals surface area (Å²) in [4.78, 5) is 140. The first-order valence-electron chi connectivity index (χ1n) is 42.1. The lowest BCUT2D eigenvalue weighted by Crippen LogP contribution is -2.60. The lowest BCUT2D eigenvalue weighted by molar-refractivity contribution is -0.142. The smallest absolute Gasteiger partial charge is 0.411 e. The number of aromatic nitrogens is 4. The van der Waals surface area contributed by atoms with Crippen molar-refractivity contribution in [2.45, 2.75) is 296 Å². The van der Waals surface area contributed by atoms with Crippen LogP contribution in [-0.4, -0.2) is 179 Å². The summed E-state index contributed by atoms with van der Waals surface area (Å²) in [6, 6.07) is 12.6. The van der Waals surface area contributed by atoms with Gasteiger partial charge in [0, 0.05) is 82.5 Å². The predicted molar refractivity (Wildman–Crippen MR) is 459 cm³/mol. The number of anilines is 2. The standard InChI is InChI=1S/C42H55N7O5S.C35H43N5O5S.C12H22N2O3/c1-7-26-21-42(26,25(3)50)48-37(51)34-19-29(22-49(34)38(52)36(41(4,5)6)47-39(53)43-27-12-8-9-13-27)54-35-20-32(45-31-18-24(2)16-17-30(31)35)33-23-55-40(46-33)44-28-14-10-11-15-28;1-7-22-17-35(22,21(3)41)39-31(42)29-15-24(18-40(29)33(43)45-34(4,5)6)44-30-16-27(37-26-14-20(2)12-13-25(26)30)28-19-46-32(38-28)36-23-10-8-9-11-23;1-12(2,3)9(10(15)16)14-11(17)13-8-6-4-5-7-8/h7,16-18,20,23,26-29,34,36H,1,8-15,19,21-22H2,2-6H3,(H,44,46)(H,48,51)(H2,43,47,53);7,12-14,16,19,22-24,29H,1,8-11,15,17-18H2,2-6H3,(H,36,38)(H,39,42);8-9H,4-7H2,1-3H3,(H,15,16)(H2,13,14,17)/t26-,29-,34+,36-,42+;22-,24-,29+,35+;9-/m111/s1. The summed E-state index contributed by atoms with van der Waals surface area (Å²) in [7, 11) is 0. The number of Topliss-reactive ketones (excluding diaryl/α,β-unsaturated/α-hetero) is 2. The van der Waals surface area contributed by atoms with Gasteiger partial charge in [0.25, 0.3) is 0 Å². The zero-order valence-corrected chi connectivity index (χ0v) is 72.3. The van der Waals surface area contributed by atoms with Crippen LogP contribution in [0, 0.1) is 36.5 Å². The van der Waals surface area contributed by atoms with Gasteiger partial charge in [-0.05, 0) is 159 Å². The van der Waals surface area contributed by atoms with E-state index in [1.165, 1.54) is 49.3 Å². The molecular formula is C89H120N14O13S2. The maximum atomic E-state index is 14.7. The number of thiazole rings is 2. The first-order chi connectivity index (χ1) is 55.9. The summed E-state index contributed by atoms with van der Waals surface area (Å²) < 4.78 is 19.1. The molecule has 8 amide bonds. The van der Waals surface area contributed by atoms with Crippen molar-refractivity contribution in [1.82, 2.24) is 61.6 Å². The molecule has 29 heteroatoms. The fourth-order valence-electron chi connectivity index (χ4n) is 17.2. The first-order valence-corrected chi connectivity index (χ1v) is 43.8. The third kappa shape index (κ3) is 21.3. The molecule has 10 atom stereocenters. The summed E-state index contributed by atoms with van der Waals surface area (Å²) in [6.45, 7) is 31.3. The second-order valence-electron chi connectivity index (χ2n) is 36.7. The van der Waals surface area contributed by atoms with Gasteiger partial charge < -0.3 is 66.8 Å². The Kier molecular flexibility index (Phi) is 27.0. The number of aliphatic carboxylic acids is 1. The number of amides is 8. The van der Waals surface area contributed by atoms with E-state index < -0.39 is 93.8 Å². The van der Waals surface area contributed by atoms with E-state index in [2.05, 4.69) is 55.7 Å². The van der Waals surface area contributed by atoms with Crippen LogP contribution >= 0.6 is 22.7 Å². The highest BCUT2D eigenvalue weighted by molar-refractivity contribution is 7.14. The van der Waals surface area contributed by atoms with Gasteiger partial charge in [-0.25, -0.2) is 39.1 Å². The fourth-order valence-corrected chi connectivity index (χ4v) is 18.8. The number of fused-ring (bicyclic) bond motifs is 2. The van der Waals surface area contributed by atoms with Gasteiger partial charge in [0.1, 0.15) is 75.9 Å². The van der Waals surface area contributed by atoms with E-state index >= 15 is 0 Å². The Morgan fingerprint density at radius 2 is 0.907 bits per heavy atom. The number of rotatable bonds is 24. The molecule has 8 aliphatic rings. The van der Waals surface area contributed by atoms with Gasteiger partial charge in [0.15, 0.2) is 21.8 Å². The maximum absolute atomic E-state index is 14.7. The summed E-state index contributed by atoms with van der Waals surface area (Å²) in [5.41, 5.74) is 2.54. The van der Waals surface area contributed by atoms with Gasteiger partial charge in [-0.1, -0.05) is 117 Å². The SMILES string of the molecule is C=C[C@@H]1C[C@]1(NC(=O)[C@@H]1C[C@@H](Oc2cc(-c3csc(NC4CCCC4)n3)nc3cc(C)ccc23)CN1C(=O)OC(C)(C)C)C(C)=O.C=C[C@@H]1C[C@]1(NC(=O)[C@@H]1C[C@@H](Oc2cc(-c3csc(NC4CCCC4)n3)nc3cc(C)ccc23)CN1C(=O)[C@@H](NC(=O)NC1CCCC1)C(C)(C)C)C(C)=O.CC(C)(C)[C@H](NC(=O)NC1CCCC1)C(=O)O. The molecule has 2 saturated heterocycles. The molecule has 6 aromatic rings. The van der Waals surface area contributed by atoms with Crippen LogP contribution in [0.25, 0.3) is 44.6 Å². The van der Waals surface area contributed by atoms with E-state index in [1.807, 2.05) is 93.9 Å². The molecule has 0 bridgehead atoms. The molecule has 8 fully saturated rings. The van der Waals surface area contributed by atoms with Gasteiger partial charge in [-0.3, -0.25) is 28.9 Å². The van der Waals surface area contributed by atoms with Gasteiger partial charge in [-0.15, -0.1) is 35.8 Å². The molecule has 14 rings (SSSR count). The van der Waals surface area contributed by atoms with E-state index in [9.17, 15) is 43.2 Å². The second kappa shape index (κ2) is 36.4. The fraction of sp³-hybridized carbons (Fsp3) is 0.584. The predicted octanol–water partition coefficient (Wildman–Crippen LogP) is 14.8. The number of nitrogens with zero attached hydrogens (tertiary/aromatic N) is 6. The zero-order chi connectivity index (χ0) is 84.9. The third-order valence-corrected chi connectivity index (χ3v) is 25.6. The Morgan fingerprint density at radius 1 is 0.525 bits per heavy atom. The van der Waals surface area contributed by atoms with Crippen molar-refractivity contribution in [3.8, 4) is 34.3 Å². The van der Waals surface area contributed by atoms with Crippen molar-refractivity contribution in [3.63, 3.8) is 0 Å². The average molecular weight is 1660 g/mol. The normalized spacial score (nSPS) is 23.8. The monoisotopic (exact) mass is 1660 g/mol. The van der Waals surface area contributed by atoms with E-state index in [1.54, 1.807) is 76.4 Å². The van der Waals surface area contributed by atoms with Crippen LogP contribution in [0.3, 0.4) is 0 Å². The largest absolute Gasteiger partial charge is 0.488 e. The number of carbonyl (C=O) groups is 9. The third-order valence-electron chi connectivity index (χ3n) is 24.1. The number of aryl methyl sites for hydroxylation is 2. The Hall–Kier alpha value is -9.77. The van der Waals surface area contributed by atoms with E-state index in [0.717, 1.165) is 132 Å². The van der Waals surface area contributed by atoms with Gasteiger partial charge in [-0.2, -0.15) is 0 Å². The number of ketones is 2. The van der Waals surface area contributed by atoms with Crippen molar-refractivity contribution in [3.05, 3.63) is 95.7 Å². The molecular weight excluding hydrogens is 1540 g/mol. The average Bonchev–Trinajstić information content (AvgIpc) is 1.58. The Bertz CT molecular complexity index is 4730. The Balaban J connectivity index is 0.000000183. The van der Waals surface area contributed by atoms with Gasteiger partial charge in [0.05, 0.1) is 35.5 Å². The molecule has 6 heterocycles. The van der Waals surface area contributed by atoms with Gasteiger partial charge in [0.2, 0.25) is 17.7 Å². The molecule has 0 unspecified atom stereocenters. The van der Waals surface area contributed by atoms with E-state index in [0.29, 0.717) is 47.8 Å². The molecule has 636 valence electrons. The number of ether oxygens (including phenoxy) is 3. The summed E-state index contributed by atoms with van der Waals surface area (Å²) >= 11 is 3.13. The number of carbonyl (C=O) groups excluding carboxylic acids is 8. The number of hydrogen-bond donors (Lipinski definition) is 9. The van der Waals surface area contributed by atoms with Crippen LogP contribution in [0.4, 0.5) is 24.6 Å². The summed E-state index contributed by atoms with van der Waals surface area (Å²) in [5.74, 6) is -1.64. The summed E-state index contributed by atoms with van der Waals surface area (Å²) in [5, 5.41) is 40.9. The molecule has 0 spiro atoms.